The first kappa shape index (κ1) is 11.4. The van der Waals surface area contributed by atoms with Crippen LogP contribution in [0, 0.1) is 6.92 Å². The highest BCUT2D eigenvalue weighted by Crippen LogP contribution is 2.09. The molecule has 0 aliphatic carbocycles. The average Bonchev–Trinajstić information content (AvgIpc) is 2.68. The molecule has 0 amide bonds. The zero-order valence-electron chi connectivity index (χ0n) is 9.63. The van der Waals surface area contributed by atoms with E-state index < -0.39 is 5.97 Å². The molecule has 0 atom stereocenters. The fraction of sp³-hybridized carbons (Fsp3) is 0.231. The van der Waals surface area contributed by atoms with E-state index in [1.54, 1.807) is 12.5 Å². The molecule has 4 nitrogen and oxygen atoms in total. The van der Waals surface area contributed by atoms with Crippen molar-refractivity contribution in [1.29, 1.82) is 0 Å². The first-order valence-corrected chi connectivity index (χ1v) is 5.42. The molecular formula is C13H14N2O2. The zero-order chi connectivity index (χ0) is 12.3. The molecule has 4 heteroatoms. The van der Waals surface area contributed by atoms with Crippen molar-refractivity contribution in [2.75, 3.05) is 0 Å². The van der Waals surface area contributed by atoms with Crippen LogP contribution in [0.1, 0.15) is 16.8 Å². The molecule has 0 aliphatic rings. The minimum absolute atomic E-state index is 0.0270. The summed E-state index contributed by atoms with van der Waals surface area (Å²) in [6, 6.07) is 8.12. The van der Waals surface area contributed by atoms with Crippen LogP contribution in [0.2, 0.25) is 0 Å². The van der Waals surface area contributed by atoms with Crippen LogP contribution in [-0.4, -0.2) is 20.6 Å². The fourth-order valence-electron chi connectivity index (χ4n) is 1.72. The van der Waals surface area contributed by atoms with Crippen molar-refractivity contribution in [2.24, 2.45) is 0 Å². The predicted octanol–water partition coefficient (Wildman–Crippen LogP) is 1.87. The molecule has 0 bridgehead atoms. The van der Waals surface area contributed by atoms with E-state index in [1.165, 1.54) is 11.1 Å². The molecule has 0 spiro atoms. The molecule has 0 saturated carbocycles. The van der Waals surface area contributed by atoms with Gasteiger partial charge in [-0.2, -0.15) is 0 Å². The normalized spacial score (nSPS) is 10.4. The van der Waals surface area contributed by atoms with Crippen LogP contribution in [0.3, 0.4) is 0 Å². The second-order valence-electron chi connectivity index (χ2n) is 4.03. The monoisotopic (exact) mass is 230 g/mol. The quantitative estimate of drug-likeness (QED) is 0.872. The number of benzene rings is 1. The summed E-state index contributed by atoms with van der Waals surface area (Å²) in [7, 11) is 0. The summed E-state index contributed by atoms with van der Waals surface area (Å²) in [6.45, 7) is 2.78. The third-order valence-corrected chi connectivity index (χ3v) is 2.63. The van der Waals surface area contributed by atoms with Crippen molar-refractivity contribution < 1.29 is 9.90 Å². The van der Waals surface area contributed by atoms with Crippen molar-refractivity contribution in [3.8, 4) is 0 Å². The van der Waals surface area contributed by atoms with Gasteiger partial charge in [-0.25, -0.2) is 4.98 Å². The zero-order valence-corrected chi connectivity index (χ0v) is 9.63. The average molecular weight is 230 g/mol. The summed E-state index contributed by atoms with van der Waals surface area (Å²) < 4.78 is 1.90. The predicted molar refractivity (Wildman–Crippen MR) is 63.8 cm³/mol. The number of carboxylic acids is 1. The third-order valence-electron chi connectivity index (χ3n) is 2.63. The van der Waals surface area contributed by atoms with Crippen molar-refractivity contribution in [1.82, 2.24) is 9.55 Å². The minimum atomic E-state index is -0.855. The van der Waals surface area contributed by atoms with Gasteiger partial charge in [0.05, 0.1) is 18.4 Å². The van der Waals surface area contributed by atoms with Crippen LogP contribution in [-0.2, 0) is 17.8 Å². The van der Waals surface area contributed by atoms with Crippen molar-refractivity contribution in [2.45, 2.75) is 19.9 Å². The molecule has 0 aliphatic heterocycles. The van der Waals surface area contributed by atoms with Gasteiger partial charge in [0.15, 0.2) is 0 Å². The van der Waals surface area contributed by atoms with E-state index in [0.717, 1.165) is 6.54 Å². The highest BCUT2D eigenvalue weighted by molar-refractivity contribution is 5.69. The Hall–Kier alpha value is -2.10. The largest absolute Gasteiger partial charge is 0.481 e. The van der Waals surface area contributed by atoms with Crippen LogP contribution in [0.4, 0.5) is 0 Å². The Labute approximate surface area is 99.5 Å². The van der Waals surface area contributed by atoms with Crippen LogP contribution < -0.4 is 0 Å². The van der Waals surface area contributed by atoms with Gasteiger partial charge in [-0.3, -0.25) is 4.79 Å². The number of nitrogens with zero attached hydrogens (tertiary/aromatic N) is 2. The Morgan fingerprint density at radius 1 is 1.41 bits per heavy atom. The summed E-state index contributed by atoms with van der Waals surface area (Å²) in [4.78, 5) is 14.6. The van der Waals surface area contributed by atoms with Crippen molar-refractivity contribution in [3.05, 3.63) is 53.6 Å². The van der Waals surface area contributed by atoms with E-state index in [9.17, 15) is 4.79 Å². The number of aliphatic carboxylic acids is 1. The molecule has 88 valence electrons. The SMILES string of the molecule is Cc1ccccc1Cn1cnc(CC(=O)O)c1. The second-order valence-corrected chi connectivity index (χ2v) is 4.03. The van der Waals surface area contributed by atoms with Gasteiger partial charge in [0, 0.05) is 12.7 Å². The van der Waals surface area contributed by atoms with E-state index in [0.29, 0.717) is 5.69 Å². The number of rotatable bonds is 4. The topological polar surface area (TPSA) is 55.1 Å². The van der Waals surface area contributed by atoms with Gasteiger partial charge in [0.25, 0.3) is 0 Å². The van der Waals surface area contributed by atoms with E-state index in [1.807, 2.05) is 16.7 Å². The van der Waals surface area contributed by atoms with Gasteiger partial charge in [0.1, 0.15) is 0 Å². The Kier molecular flexibility index (Phi) is 3.23. The van der Waals surface area contributed by atoms with Gasteiger partial charge in [-0.05, 0) is 18.1 Å². The molecule has 0 fully saturated rings. The molecular weight excluding hydrogens is 216 g/mol. The van der Waals surface area contributed by atoms with Gasteiger partial charge in [0.2, 0.25) is 0 Å². The highest BCUT2D eigenvalue weighted by atomic mass is 16.4. The maximum atomic E-state index is 10.5. The number of hydrogen-bond acceptors (Lipinski definition) is 2. The highest BCUT2D eigenvalue weighted by Gasteiger charge is 2.05. The van der Waals surface area contributed by atoms with Crippen molar-refractivity contribution >= 4 is 5.97 Å². The molecule has 1 heterocycles. The molecule has 17 heavy (non-hydrogen) atoms. The Balaban J connectivity index is 2.12. The number of imidazole rings is 1. The summed E-state index contributed by atoms with van der Waals surface area (Å²) in [5.74, 6) is -0.855. The molecule has 1 N–H and O–H groups in total. The lowest BCUT2D eigenvalue weighted by molar-refractivity contribution is -0.136. The molecule has 1 aromatic heterocycles. The maximum Gasteiger partial charge on any atom is 0.309 e. The van der Waals surface area contributed by atoms with E-state index >= 15 is 0 Å². The molecule has 0 saturated heterocycles. The van der Waals surface area contributed by atoms with Crippen LogP contribution >= 0.6 is 0 Å². The van der Waals surface area contributed by atoms with Gasteiger partial charge < -0.3 is 9.67 Å². The standard InChI is InChI=1S/C13H14N2O2/c1-10-4-2-3-5-11(10)7-15-8-12(14-9-15)6-13(16)17/h2-5,8-9H,6-7H2,1H3,(H,16,17). The lowest BCUT2D eigenvalue weighted by Crippen LogP contribution is -2.01. The summed E-state index contributed by atoms with van der Waals surface area (Å²) >= 11 is 0. The Bertz CT molecular complexity index is 532. The molecule has 1 aromatic carbocycles. The van der Waals surface area contributed by atoms with E-state index in [2.05, 4.69) is 24.0 Å². The first-order chi connectivity index (χ1) is 8.15. The first-order valence-electron chi connectivity index (χ1n) is 5.42. The molecule has 0 unspecified atom stereocenters. The fourth-order valence-corrected chi connectivity index (χ4v) is 1.72. The lowest BCUT2D eigenvalue weighted by Gasteiger charge is -2.05. The van der Waals surface area contributed by atoms with Gasteiger partial charge in [-0.1, -0.05) is 24.3 Å². The van der Waals surface area contributed by atoms with Crippen LogP contribution in [0.25, 0.3) is 0 Å². The van der Waals surface area contributed by atoms with Crippen LogP contribution in [0.15, 0.2) is 36.8 Å². The number of carbonyl (C=O) groups is 1. The Morgan fingerprint density at radius 3 is 2.88 bits per heavy atom. The summed E-state index contributed by atoms with van der Waals surface area (Å²) in [5, 5.41) is 8.66. The number of aromatic nitrogens is 2. The van der Waals surface area contributed by atoms with Gasteiger partial charge >= 0.3 is 5.97 Å². The lowest BCUT2D eigenvalue weighted by atomic mass is 10.1. The maximum absolute atomic E-state index is 10.5. The molecule has 2 rings (SSSR count). The smallest absolute Gasteiger partial charge is 0.309 e. The third kappa shape index (κ3) is 2.93. The number of carboxylic acid groups (broad SMARTS) is 1. The van der Waals surface area contributed by atoms with Crippen molar-refractivity contribution in [3.63, 3.8) is 0 Å². The Morgan fingerprint density at radius 2 is 2.18 bits per heavy atom. The number of hydrogen-bond donors (Lipinski definition) is 1. The van der Waals surface area contributed by atoms with Crippen LogP contribution in [0.5, 0.6) is 0 Å². The minimum Gasteiger partial charge on any atom is -0.481 e. The second kappa shape index (κ2) is 4.82. The summed E-state index contributed by atoms with van der Waals surface area (Å²) in [6.07, 6.45) is 3.42. The van der Waals surface area contributed by atoms with E-state index in [4.69, 9.17) is 5.11 Å². The molecule has 2 aromatic rings. The summed E-state index contributed by atoms with van der Waals surface area (Å²) in [5.41, 5.74) is 3.03. The number of aryl methyl sites for hydroxylation is 1. The van der Waals surface area contributed by atoms with Gasteiger partial charge in [-0.15, -0.1) is 0 Å². The van der Waals surface area contributed by atoms with E-state index in [-0.39, 0.29) is 6.42 Å². The molecule has 0 radical (unpaired) electrons.